The van der Waals surface area contributed by atoms with Gasteiger partial charge in [0.05, 0.1) is 9.79 Å². The first-order valence-electron chi connectivity index (χ1n) is 9.03. The van der Waals surface area contributed by atoms with Gasteiger partial charge < -0.3 is 9.05 Å². The number of benzene rings is 2. The quantitative estimate of drug-likeness (QED) is 0.440. The SMILES string of the molecule is Cc1cc2c(c(C(C)(C)C)c1)OPOc1c(cc(C)cc1C(C)(C)C)S2. The lowest BCUT2D eigenvalue weighted by atomic mass is 9.85. The van der Waals surface area contributed by atoms with Gasteiger partial charge in [-0.05, 0) is 47.9 Å². The van der Waals surface area contributed by atoms with Crippen molar-refractivity contribution in [1.82, 2.24) is 0 Å². The van der Waals surface area contributed by atoms with Crippen molar-refractivity contribution in [3.05, 3.63) is 46.5 Å². The Bertz CT molecular complexity index is 775. The van der Waals surface area contributed by atoms with E-state index in [1.54, 1.807) is 11.8 Å². The molecule has 0 aromatic heterocycles. The van der Waals surface area contributed by atoms with E-state index >= 15 is 0 Å². The van der Waals surface area contributed by atoms with Gasteiger partial charge in [-0.15, -0.1) is 0 Å². The van der Waals surface area contributed by atoms with Crippen LogP contribution in [0, 0.1) is 13.8 Å². The zero-order chi connectivity index (χ0) is 19.3. The zero-order valence-corrected chi connectivity index (χ0v) is 18.9. The van der Waals surface area contributed by atoms with Gasteiger partial charge in [0.2, 0.25) is 0 Å². The van der Waals surface area contributed by atoms with Crippen LogP contribution in [-0.4, -0.2) is 0 Å². The molecule has 0 atom stereocenters. The van der Waals surface area contributed by atoms with Crippen LogP contribution < -0.4 is 9.05 Å². The van der Waals surface area contributed by atoms with Crippen molar-refractivity contribution in [2.75, 3.05) is 0 Å². The number of aryl methyl sites for hydroxylation is 2. The maximum atomic E-state index is 6.18. The van der Waals surface area contributed by atoms with Gasteiger partial charge >= 0.3 is 0 Å². The maximum Gasteiger partial charge on any atom is 0.275 e. The summed E-state index contributed by atoms with van der Waals surface area (Å²) >= 11 is 1.76. The summed E-state index contributed by atoms with van der Waals surface area (Å²) in [5.41, 5.74) is 5.05. The number of hydrogen-bond acceptors (Lipinski definition) is 3. The predicted octanol–water partition coefficient (Wildman–Crippen LogP) is 7.33. The van der Waals surface area contributed by atoms with E-state index in [9.17, 15) is 0 Å². The fourth-order valence-electron chi connectivity index (χ4n) is 3.18. The Labute approximate surface area is 164 Å². The van der Waals surface area contributed by atoms with Gasteiger partial charge in [-0.3, -0.25) is 0 Å². The molecule has 3 rings (SSSR count). The Morgan fingerprint density at radius 2 is 1.08 bits per heavy atom. The summed E-state index contributed by atoms with van der Waals surface area (Å²) in [5, 5.41) is 0. The van der Waals surface area contributed by atoms with Crippen LogP contribution >= 0.6 is 20.8 Å². The van der Waals surface area contributed by atoms with Crippen molar-refractivity contribution in [2.24, 2.45) is 0 Å². The second-order valence-electron chi connectivity index (χ2n) is 9.17. The van der Waals surface area contributed by atoms with Gasteiger partial charge in [0.1, 0.15) is 11.5 Å². The molecule has 0 radical (unpaired) electrons. The third-order valence-corrected chi connectivity index (χ3v) is 6.14. The van der Waals surface area contributed by atoms with Crippen molar-refractivity contribution in [3.63, 3.8) is 0 Å². The van der Waals surface area contributed by atoms with Crippen LogP contribution in [-0.2, 0) is 10.8 Å². The van der Waals surface area contributed by atoms with Crippen LogP contribution in [0.15, 0.2) is 34.1 Å². The molecule has 2 aromatic rings. The molecule has 26 heavy (non-hydrogen) atoms. The molecule has 0 fully saturated rings. The molecule has 0 spiro atoms. The van der Waals surface area contributed by atoms with Gasteiger partial charge in [0.25, 0.3) is 9.03 Å². The number of fused-ring (bicyclic) bond motifs is 2. The monoisotopic (exact) mass is 388 g/mol. The lowest BCUT2D eigenvalue weighted by Crippen LogP contribution is -2.15. The van der Waals surface area contributed by atoms with Gasteiger partial charge in [-0.25, -0.2) is 0 Å². The molecule has 1 aliphatic heterocycles. The highest BCUT2D eigenvalue weighted by atomic mass is 32.2. The van der Waals surface area contributed by atoms with E-state index in [0.717, 1.165) is 11.5 Å². The summed E-state index contributed by atoms with van der Waals surface area (Å²) in [6.07, 6.45) is 0. The summed E-state index contributed by atoms with van der Waals surface area (Å²) in [4.78, 5) is 2.36. The molecular weight excluding hydrogens is 359 g/mol. The molecule has 0 bridgehead atoms. The second-order valence-corrected chi connectivity index (χ2v) is 10.8. The van der Waals surface area contributed by atoms with Crippen molar-refractivity contribution in [3.8, 4) is 11.5 Å². The lowest BCUT2D eigenvalue weighted by Gasteiger charge is -2.29. The Kier molecular flexibility index (Phi) is 5.09. The molecule has 1 aliphatic rings. The van der Waals surface area contributed by atoms with Crippen molar-refractivity contribution in [2.45, 2.75) is 76.0 Å². The highest BCUT2D eigenvalue weighted by molar-refractivity contribution is 7.99. The average molecular weight is 389 g/mol. The normalized spacial score (nSPS) is 14.5. The van der Waals surface area contributed by atoms with Gasteiger partial charge in [0, 0.05) is 11.1 Å². The topological polar surface area (TPSA) is 18.5 Å². The second kappa shape index (κ2) is 6.77. The Hall–Kier alpha value is -1.18. The van der Waals surface area contributed by atoms with E-state index in [1.165, 1.54) is 32.0 Å². The van der Waals surface area contributed by atoms with Crippen LogP contribution in [0.3, 0.4) is 0 Å². The van der Waals surface area contributed by atoms with Crippen molar-refractivity contribution in [1.29, 1.82) is 0 Å². The molecule has 1 heterocycles. The van der Waals surface area contributed by atoms with Crippen LogP contribution in [0.4, 0.5) is 0 Å². The molecule has 0 aliphatic carbocycles. The smallest absolute Gasteiger partial charge is 0.275 e. The van der Waals surface area contributed by atoms with E-state index in [0.29, 0.717) is 0 Å². The third-order valence-electron chi connectivity index (χ3n) is 4.52. The van der Waals surface area contributed by atoms with E-state index in [1.807, 2.05) is 0 Å². The molecule has 0 unspecified atom stereocenters. The van der Waals surface area contributed by atoms with Crippen LogP contribution in [0.25, 0.3) is 0 Å². The number of hydrogen-bond donors (Lipinski definition) is 0. The molecule has 0 saturated heterocycles. The first-order chi connectivity index (χ1) is 12.0. The molecule has 0 saturated carbocycles. The fourth-order valence-corrected chi connectivity index (χ4v) is 5.19. The summed E-state index contributed by atoms with van der Waals surface area (Å²) in [6.45, 7) is 17.7. The van der Waals surface area contributed by atoms with Crippen molar-refractivity contribution >= 4 is 20.8 Å². The largest absolute Gasteiger partial charge is 0.439 e. The minimum Gasteiger partial charge on any atom is -0.439 e. The van der Waals surface area contributed by atoms with E-state index in [4.69, 9.17) is 9.05 Å². The van der Waals surface area contributed by atoms with Crippen molar-refractivity contribution < 1.29 is 9.05 Å². The molecule has 0 amide bonds. The molecule has 140 valence electrons. The van der Waals surface area contributed by atoms with E-state index < -0.39 is 0 Å². The summed E-state index contributed by atoms with van der Waals surface area (Å²) in [7, 11) is -0.0445. The first kappa shape index (κ1) is 19.6. The Balaban J connectivity index is 2.20. The summed E-state index contributed by atoms with van der Waals surface area (Å²) < 4.78 is 12.4. The fraction of sp³-hybridized carbons (Fsp3) is 0.455. The molecular formula is C22H29O2PS. The molecule has 0 N–H and O–H groups in total. The molecule has 2 nitrogen and oxygen atoms in total. The minimum absolute atomic E-state index is 0.0202. The van der Waals surface area contributed by atoms with Crippen LogP contribution in [0.5, 0.6) is 11.5 Å². The van der Waals surface area contributed by atoms with E-state index in [-0.39, 0.29) is 19.9 Å². The summed E-state index contributed by atoms with van der Waals surface area (Å²) in [6, 6.07) is 8.94. The molecule has 2 aromatic carbocycles. The maximum absolute atomic E-state index is 6.18. The highest BCUT2D eigenvalue weighted by Crippen LogP contribution is 2.51. The Morgan fingerprint density at radius 1 is 0.692 bits per heavy atom. The minimum atomic E-state index is -0.0445. The average Bonchev–Trinajstić information content (AvgIpc) is 2.46. The number of rotatable bonds is 0. The molecule has 4 heteroatoms. The summed E-state index contributed by atoms with van der Waals surface area (Å²) in [5.74, 6) is 1.94. The standard InChI is InChI=1S/C22H29O2PS/c1-13-9-15(21(3,4)5)19-17(11-13)26-18-12-14(2)10-16(22(6,7)8)20(18)24-25-23-19/h9-12,25H,1-8H3. The zero-order valence-electron chi connectivity index (χ0n) is 17.0. The van der Waals surface area contributed by atoms with Crippen LogP contribution in [0.2, 0.25) is 0 Å². The van der Waals surface area contributed by atoms with Gasteiger partial charge in [-0.2, -0.15) is 0 Å². The predicted molar refractivity (Wildman–Crippen MR) is 113 cm³/mol. The van der Waals surface area contributed by atoms with Gasteiger partial charge in [-0.1, -0.05) is 65.4 Å². The third kappa shape index (κ3) is 3.89. The lowest BCUT2D eigenvalue weighted by molar-refractivity contribution is 0.464. The van der Waals surface area contributed by atoms with Crippen LogP contribution in [0.1, 0.15) is 63.8 Å². The van der Waals surface area contributed by atoms with E-state index in [2.05, 4.69) is 79.7 Å². The van der Waals surface area contributed by atoms with Gasteiger partial charge in [0.15, 0.2) is 0 Å². The Morgan fingerprint density at radius 3 is 1.42 bits per heavy atom. The first-order valence-corrected chi connectivity index (χ1v) is 10.7. The highest BCUT2D eigenvalue weighted by Gasteiger charge is 2.28.